The molecule has 0 atom stereocenters. The summed E-state index contributed by atoms with van der Waals surface area (Å²) in [5.74, 6) is 1.54. The van der Waals surface area contributed by atoms with Crippen molar-refractivity contribution >= 4 is 34.3 Å². The molecule has 4 rings (SSSR count). The number of hydrogen-bond donors (Lipinski definition) is 1. The maximum atomic E-state index is 12.4. The number of benzene rings is 1. The fraction of sp³-hybridized carbons (Fsp3) is 0.227. The van der Waals surface area contributed by atoms with Crippen molar-refractivity contribution in [2.45, 2.75) is 18.5 Å². The third-order valence-corrected chi connectivity index (χ3v) is 5.54. The number of rotatable bonds is 8. The number of carbonyl (C=O) groups is 1. The quantitative estimate of drug-likeness (QED) is 0.436. The molecule has 3 heterocycles. The molecule has 154 valence electrons. The van der Waals surface area contributed by atoms with Gasteiger partial charge in [-0.3, -0.25) is 4.79 Å². The molecule has 0 aliphatic carbocycles. The fourth-order valence-corrected chi connectivity index (χ4v) is 4.01. The number of hydrogen-bond acceptors (Lipinski definition) is 6. The molecule has 0 radical (unpaired) electrons. The zero-order valence-electron chi connectivity index (χ0n) is 16.8. The van der Waals surface area contributed by atoms with E-state index in [0.29, 0.717) is 30.3 Å². The predicted octanol–water partition coefficient (Wildman–Crippen LogP) is 3.70. The minimum absolute atomic E-state index is 0.0690. The molecule has 0 saturated heterocycles. The molecule has 0 spiro atoms. The Labute approximate surface area is 178 Å². The van der Waals surface area contributed by atoms with Gasteiger partial charge in [0.2, 0.25) is 5.91 Å². The highest BCUT2D eigenvalue weighted by molar-refractivity contribution is 8.00. The number of nitrogens with one attached hydrogen (secondary N) is 1. The van der Waals surface area contributed by atoms with Gasteiger partial charge in [-0.25, -0.2) is 9.97 Å². The highest BCUT2D eigenvalue weighted by atomic mass is 32.2. The van der Waals surface area contributed by atoms with Crippen LogP contribution in [0.3, 0.4) is 0 Å². The average molecular weight is 423 g/mol. The molecule has 0 fully saturated rings. The first-order chi connectivity index (χ1) is 14.7. The summed E-state index contributed by atoms with van der Waals surface area (Å²) in [7, 11) is 1.60. The number of fused-ring (bicyclic) bond motifs is 3. The highest BCUT2D eigenvalue weighted by Crippen LogP contribution is 2.28. The summed E-state index contributed by atoms with van der Waals surface area (Å²) in [5, 5.41) is 3.73. The van der Waals surface area contributed by atoms with Crippen LogP contribution in [0, 0.1) is 0 Å². The van der Waals surface area contributed by atoms with E-state index in [0.717, 1.165) is 21.6 Å². The summed E-state index contributed by atoms with van der Waals surface area (Å²) in [6.45, 7) is 2.90. The van der Waals surface area contributed by atoms with Crippen molar-refractivity contribution in [3.8, 4) is 11.5 Å². The van der Waals surface area contributed by atoms with E-state index in [1.54, 1.807) is 13.3 Å². The largest absolute Gasteiger partial charge is 0.493 e. The van der Waals surface area contributed by atoms with E-state index in [-0.39, 0.29) is 11.7 Å². The van der Waals surface area contributed by atoms with Gasteiger partial charge in [-0.2, -0.15) is 0 Å². The predicted molar refractivity (Wildman–Crippen MR) is 117 cm³/mol. The minimum Gasteiger partial charge on any atom is -0.493 e. The second kappa shape index (κ2) is 9.04. The monoisotopic (exact) mass is 422 g/mol. The summed E-state index contributed by atoms with van der Waals surface area (Å²) >= 11 is 1.40. The second-order valence-corrected chi connectivity index (χ2v) is 7.47. The van der Waals surface area contributed by atoms with Gasteiger partial charge in [0.05, 0.1) is 30.5 Å². The first-order valence-corrected chi connectivity index (χ1v) is 10.6. The van der Waals surface area contributed by atoms with Gasteiger partial charge in [0, 0.05) is 18.9 Å². The normalized spacial score (nSPS) is 11.0. The Balaban J connectivity index is 1.41. The molecule has 1 amide bonds. The Hall–Kier alpha value is -3.26. The maximum Gasteiger partial charge on any atom is 0.230 e. The van der Waals surface area contributed by atoms with Crippen molar-refractivity contribution in [3.63, 3.8) is 0 Å². The van der Waals surface area contributed by atoms with Crippen molar-refractivity contribution in [2.24, 2.45) is 0 Å². The van der Waals surface area contributed by atoms with Gasteiger partial charge in [-0.1, -0.05) is 17.8 Å². The van der Waals surface area contributed by atoms with Crippen LogP contribution in [0.2, 0.25) is 0 Å². The number of nitrogens with zero attached hydrogens (tertiary/aromatic N) is 3. The zero-order valence-corrected chi connectivity index (χ0v) is 17.6. The molecular formula is C22H22N4O3S. The van der Waals surface area contributed by atoms with Crippen LogP contribution in [0.15, 0.2) is 59.9 Å². The van der Waals surface area contributed by atoms with Crippen LogP contribution in [0.4, 0.5) is 0 Å². The summed E-state index contributed by atoms with van der Waals surface area (Å²) in [6, 6.07) is 13.5. The van der Waals surface area contributed by atoms with Gasteiger partial charge in [0.1, 0.15) is 5.03 Å². The van der Waals surface area contributed by atoms with Crippen LogP contribution >= 0.6 is 11.8 Å². The van der Waals surface area contributed by atoms with Crippen LogP contribution in [-0.4, -0.2) is 39.7 Å². The lowest BCUT2D eigenvalue weighted by Gasteiger charge is -2.11. The molecule has 3 aromatic heterocycles. The van der Waals surface area contributed by atoms with Gasteiger partial charge >= 0.3 is 0 Å². The van der Waals surface area contributed by atoms with Crippen molar-refractivity contribution in [1.29, 1.82) is 0 Å². The lowest BCUT2D eigenvalue weighted by Crippen LogP contribution is -2.24. The lowest BCUT2D eigenvalue weighted by molar-refractivity contribution is -0.118. The number of methoxy groups -OCH3 is 1. The first-order valence-electron chi connectivity index (χ1n) is 9.60. The maximum absolute atomic E-state index is 12.4. The molecule has 0 unspecified atom stereocenters. The van der Waals surface area contributed by atoms with Crippen LogP contribution < -0.4 is 14.8 Å². The molecule has 0 saturated carbocycles. The van der Waals surface area contributed by atoms with Gasteiger partial charge in [-0.15, -0.1) is 0 Å². The fourth-order valence-electron chi connectivity index (χ4n) is 3.17. The Morgan fingerprint density at radius 1 is 1.17 bits per heavy atom. The minimum atomic E-state index is -0.0690. The van der Waals surface area contributed by atoms with Crippen molar-refractivity contribution in [3.05, 3.63) is 60.4 Å². The van der Waals surface area contributed by atoms with E-state index in [2.05, 4.69) is 15.3 Å². The average Bonchev–Trinajstić information content (AvgIpc) is 3.27. The molecule has 1 aromatic carbocycles. The number of pyridine rings is 1. The van der Waals surface area contributed by atoms with Crippen LogP contribution in [0.5, 0.6) is 11.5 Å². The molecular weight excluding hydrogens is 400 g/mol. The molecule has 7 nitrogen and oxygen atoms in total. The number of amides is 1. The van der Waals surface area contributed by atoms with E-state index >= 15 is 0 Å². The lowest BCUT2D eigenvalue weighted by atomic mass is 10.2. The Kier molecular flexibility index (Phi) is 6.04. The van der Waals surface area contributed by atoms with E-state index in [1.165, 1.54) is 11.8 Å². The SMILES string of the molecule is CCOc1ccc(CNC(=O)CSc2nc3ncccc3n3cccc23)cc1OC. The standard InChI is InChI=1S/C22H22N4O3S/c1-3-29-18-9-8-15(12-19(18)28-2)13-24-20(27)14-30-22-17-7-5-11-26(17)16-6-4-10-23-21(16)25-22/h4-12H,3,13-14H2,1-2H3,(H,24,27). The van der Waals surface area contributed by atoms with E-state index in [4.69, 9.17) is 9.47 Å². The number of carbonyl (C=O) groups excluding carboxylic acids is 1. The molecule has 0 bridgehead atoms. The third kappa shape index (κ3) is 4.18. The summed E-state index contributed by atoms with van der Waals surface area (Å²) < 4.78 is 12.9. The summed E-state index contributed by atoms with van der Waals surface area (Å²) in [6.07, 6.45) is 3.70. The van der Waals surface area contributed by atoms with Crippen molar-refractivity contribution < 1.29 is 14.3 Å². The molecule has 30 heavy (non-hydrogen) atoms. The van der Waals surface area contributed by atoms with Crippen molar-refractivity contribution in [2.75, 3.05) is 19.5 Å². The molecule has 0 aliphatic rings. The molecule has 4 aromatic rings. The number of ether oxygens (including phenoxy) is 2. The first kappa shape index (κ1) is 20.0. The van der Waals surface area contributed by atoms with Gasteiger partial charge in [0.15, 0.2) is 17.1 Å². The Morgan fingerprint density at radius 3 is 2.87 bits per heavy atom. The third-order valence-electron chi connectivity index (χ3n) is 4.56. The summed E-state index contributed by atoms with van der Waals surface area (Å²) in [5.41, 5.74) is 3.50. The smallest absolute Gasteiger partial charge is 0.230 e. The number of thioether (sulfide) groups is 1. The highest BCUT2D eigenvalue weighted by Gasteiger charge is 2.12. The van der Waals surface area contributed by atoms with E-state index in [1.807, 2.05) is 60.0 Å². The van der Waals surface area contributed by atoms with E-state index < -0.39 is 0 Å². The van der Waals surface area contributed by atoms with Crippen LogP contribution in [0.1, 0.15) is 12.5 Å². The van der Waals surface area contributed by atoms with Crippen LogP contribution in [-0.2, 0) is 11.3 Å². The van der Waals surface area contributed by atoms with Crippen LogP contribution in [0.25, 0.3) is 16.7 Å². The Bertz CT molecular complexity index is 1190. The molecule has 1 N–H and O–H groups in total. The van der Waals surface area contributed by atoms with Gasteiger partial charge in [0.25, 0.3) is 0 Å². The van der Waals surface area contributed by atoms with Gasteiger partial charge in [-0.05, 0) is 48.9 Å². The molecule has 0 aliphatic heterocycles. The van der Waals surface area contributed by atoms with Crippen molar-refractivity contribution in [1.82, 2.24) is 19.7 Å². The van der Waals surface area contributed by atoms with Gasteiger partial charge < -0.3 is 19.2 Å². The van der Waals surface area contributed by atoms with E-state index in [9.17, 15) is 4.79 Å². The second-order valence-electron chi connectivity index (χ2n) is 6.51. The molecule has 8 heteroatoms. The summed E-state index contributed by atoms with van der Waals surface area (Å²) in [4.78, 5) is 21.4. The number of aromatic nitrogens is 3. The zero-order chi connectivity index (χ0) is 20.9. The topological polar surface area (TPSA) is 77.8 Å². The Morgan fingerprint density at radius 2 is 2.03 bits per heavy atom.